The van der Waals surface area contributed by atoms with Crippen LogP contribution in [0, 0.1) is 6.92 Å². The van der Waals surface area contributed by atoms with Crippen LogP contribution in [0.25, 0.3) is 11.1 Å². The van der Waals surface area contributed by atoms with E-state index >= 15 is 0 Å². The minimum absolute atomic E-state index is 0.0476. The van der Waals surface area contributed by atoms with Gasteiger partial charge >= 0.3 is 0 Å². The zero-order valence-corrected chi connectivity index (χ0v) is 19.4. The lowest BCUT2D eigenvalue weighted by Crippen LogP contribution is -2.52. The first-order chi connectivity index (χ1) is 13.7. The molecule has 2 aromatic carbocycles. The minimum atomic E-state index is -0.568. The molecule has 29 heavy (non-hydrogen) atoms. The van der Waals surface area contributed by atoms with Gasteiger partial charge in [-0.05, 0) is 40.0 Å². The summed E-state index contributed by atoms with van der Waals surface area (Å²) in [6.07, 6.45) is 1.83. The number of hydrogen-bond donors (Lipinski definition) is 0. The van der Waals surface area contributed by atoms with E-state index in [1.807, 2.05) is 0 Å². The van der Waals surface area contributed by atoms with Gasteiger partial charge in [-0.25, -0.2) is 0 Å². The van der Waals surface area contributed by atoms with Gasteiger partial charge in [-0.2, -0.15) is 0 Å². The van der Waals surface area contributed by atoms with Crippen LogP contribution in [0.4, 0.5) is 0 Å². The van der Waals surface area contributed by atoms with Crippen molar-refractivity contribution in [2.24, 2.45) is 0 Å². The summed E-state index contributed by atoms with van der Waals surface area (Å²) in [4.78, 5) is 0. The molecule has 0 bridgehead atoms. The maximum absolute atomic E-state index is 6.19. The summed E-state index contributed by atoms with van der Waals surface area (Å²) < 4.78 is 18.4. The van der Waals surface area contributed by atoms with Gasteiger partial charge in [-0.1, -0.05) is 72.0 Å². The normalized spacial score (nSPS) is 22.7. The lowest BCUT2D eigenvalue weighted by molar-refractivity contribution is -0.178. The first kappa shape index (κ1) is 20.8. The summed E-state index contributed by atoms with van der Waals surface area (Å²) in [5.41, 5.74) is 3.90. The minimum Gasteiger partial charge on any atom is -0.496 e. The van der Waals surface area contributed by atoms with Gasteiger partial charge in [0.05, 0.1) is 20.3 Å². The second-order valence-electron chi connectivity index (χ2n) is 9.60. The molecule has 4 rings (SSSR count). The first-order valence-corrected chi connectivity index (χ1v) is 11.8. The quantitative estimate of drug-likeness (QED) is 0.590. The molecule has 0 radical (unpaired) electrons. The third-order valence-electron chi connectivity index (χ3n) is 6.28. The Balaban J connectivity index is 1.93. The molecule has 0 aromatic heterocycles. The van der Waals surface area contributed by atoms with Gasteiger partial charge in [0.2, 0.25) is 0 Å². The Morgan fingerprint density at radius 1 is 0.862 bits per heavy atom. The van der Waals surface area contributed by atoms with Gasteiger partial charge in [-0.3, -0.25) is 0 Å². The Labute approximate surface area is 176 Å². The average Bonchev–Trinajstić information content (AvgIpc) is 3.07. The van der Waals surface area contributed by atoms with Gasteiger partial charge in [-0.15, -0.1) is 0 Å². The molecule has 0 aliphatic carbocycles. The van der Waals surface area contributed by atoms with Crippen LogP contribution >= 0.6 is 7.92 Å². The highest BCUT2D eigenvalue weighted by molar-refractivity contribution is 7.69. The van der Waals surface area contributed by atoms with Crippen molar-refractivity contribution in [2.45, 2.75) is 63.6 Å². The molecule has 0 unspecified atom stereocenters. The number of hydrogen-bond acceptors (Lipinski definition) is 3. The molecule has 2 aromatic rings. The van der Waals surface area contributed by atoms with Crippen LogP contribution in [0.1, 0.15) is 46.1 Å². The molecule has 2 aliphatic rings. The van der Waals surface area contributed by atoms with Crippen LogP contribution in [0.2, 0.25) is 0 Å². The van der Waals surface area contributed by atoms with E-state index in [2.05, 4.69) is 77.1 Å². The average molecular weight is 413 g/mol. The van der Waals surface area contributed by atoms with Gasteiger partial charge in [0, 0.05) is 18.1 Å². The second kappa shape index (κ2) is 7.38. The lowest BCUT2D eigenvalue weighted by Gasteiger charge is -2.56. The Kier molecular flexibility index (Phi) is 5.30. The molecule has 2 saturated heterocycles. The number of aryl methyl sites for hydroxylation is 1. The van der Waals surface area contributed by atoms with Crippen molar-refractivity contribution in [3.05, 3.63) is 48.0 Å². The summed E-state index contributed by atoms with van der Waals surface area (Å²) in [6, 6.07) is 15.1. The van der Waals surface area contributed by atoms with Gasteiger partial charge < -0.3 is 14.2 Å². The number of methoxy groups -OCH3 is 1. The van der Waals surface area contributed by atoms with Gasteiger partial charge in [0.15, 0.2) is 5.79 Å². The predicted molar refractivity (Wildman–Crippen MR) is 122 cm³/mol. The van der Waals surface area contributed by atoms with E-state index in [4.69, 9.17) is 14.2 Å². The Morgan fingerprint density at radius 2 is 1.45 bits per heavy atom. The van der Waals surface area contributed by atoms with E-state index in [1.165, 1.54) is 22.0 Å². The smallest absolute Gasteiger partial charge is 0.170 e. The van der Waals surface area contributed by atoms with Gasteiger partial charge in [0.25, 0.3) is 0 Å². The van der Waals surface area contributed by atoms with Crippen molar-refractivity contribution in [1.82, 2.24) is 0 Å². The molecule has 4 heteroatoms. The molecule has 0 N–H and O–H groups in total. The fraction of sp³-hybridized carbons (Fsp3) is 0.520. The molecular formula is C25H33O3P. The Hall–Kier alpha value is -1.41. The molecule has 1 spiro atoms. The largest absolute Gasteiger partial charge is 0.496 e. The van der Waals surface area contributed by atoms with E-state index in [0.717, 1.165) is 18.6 Å². The molecule has 2 aliphatic heterocycles. The van der Waals surface area contributed by atoms with Crippen molar-refractivity contribution in [3.63, 3.8) is 0 Å². The van der Waals surface area contributed by atoms with Gasteiger partial charge in [0.1, 0.15) is 5.75 Å². The topological polar surface area (TPSA) is 27.7 Å². The zero-order chi connectivity index (χ0) is 20.9. The van der Waals surface area contributed by atoms with Crippen molar-refractivity contribution in [2.75, 3.05) is 20.3 Å². The van der Waals surface area contributed by atoms with Crippen LogP contribution in [0.3, 0.4) is 0 Å². The van der Waals surface area contributed by atoms with Crippen molar-refractivity contribution in [1.29, 1.82) is 0 Å². The Morgan fingerprint density at radius 3 is 2.00 bits per heavy atom. The predicted octanol–water partition coefficient (Wildman–Crippen LogP) is 5.87. The first-order valence-electron chi connectivity index (χ1n) is 10.5. The highest BCUT2D eigenvalue weighted by Crippen LogP contribution is 2.69. The Bertz CT molecular complexity index is 862. The van der Waals surface area contributed by atoms with Crippen LogP contribution in [-0.4, -0.2) is 36.4 Å². The molecule has 0 saturated carbocycles. The second-order valence-corrected chi connectivity index (χ2v) is 13.1. The molecule has 2 fully saturated rings. The fourth-order valence-corrected chi connectivity index (χ4v) is 10.3. The third-order valence-corrected chi connectivity index (χ3v) is 9.91. The molecule has 0 amide bonds. The van der Waals surface area contributed by atoms with Crippen molar-refractivity contribution < 1.29 is 14.2 Å². The van der Waals surface area contributed by atoms with Crippen LogP contribution in [0.5, 0.6) is 5.75 Å². The summed E-state index contributed by atoms with van der Waals surface area (Å²) >= 11 is 0. The van der Waals surface area contributed by atoms with Crippen molar-refractivity contribution >= 4 is 13.2 Å². The summed E-state index contributed by atoms with van der Waals surface area (Å²) in [6.45, 7) is 13.2. The van der Waals surface area contributed by atoms with E-state index in [-0.39, 0.29) is 10.3 Å². The summed E-state index contributed by atoms with van der Waals surface area (Å²) in [7, 11) is 1.23. The maximum Gasteiger partial charge on any atom is 0.170 e. The summed E-state index contributed by atoms with van der Waals surface area (Å²) in [5.74, 6) is 0.571. The fourth-order valence-electron chi connectivity index (χ4n) is 5.69. The van der Waals surface area contributed by atoms with E-state index in [1.54, 1.807) is 7.11 Å². The number of rotatable bonds is 3. The summed E-state index contributed by atoms with van der Waals surface area (Å²) in [5, 5.41) is 1.48. The monoisotopic (exact) mass is 412 g/mol. The standard InChI is InChI=1S/C25H33O3P/c1-18-12-13-20(26-6)22(21(18)19-10-8-7-9-11-19)29-23(2,3)16-25(17-24(29,4)5)27-14-15-28-25/h7-13H,14-17H2,1-6H3. The number of ether oxygens (including phenoxy) is 3. The van der Waals surface area contributed by atoms with E-state index in [0.29, 0.717) is 13.2 Å². The third kappa shape index (κ3) is 3.63. The van der Waals surface area contributed by atoms with E-state index in [9.17, 15) is 0 Å². The molecule has 3 nitrogen and oxygen atoms in total. The lowest BCUT2D eigenvalue weighted by atomic mass is 9.91. The SMILES string of the molecule is COc1ccc(C)c(-c2ccccc2)c1P1C(C)(C)CC2(CC1(C)C)OCCO2. The highest BCUT2D eigenvalue weighted by atomic mass is 31.1. The van der Waals surface area contributed by atoms with Crippen molar-refractivity contribution in [3.8, 4) is 16.9 Å². The molecule has 156 valence electrons. The molecular weight excluding hydrogens is 379 g/mol. The van der Waals surface area contributed by atoms with Crippen LogP contribution in [-0.2, 0) is 9.47 Å². The maximum atomic E-state index is 6.19. The molecule has 0 atom stereocenters. The van der Waals surface area contributed by atoms with Crippen LogP contribution < -0.4 is 10.0 Å². The molecule has 2 heterocycles. The zero-order valence-electron chi connectivity index (χ0n) is 18.5. The van der Waals surface area contributed by atoms with E-state index < -0.39 is 13.7 Å². The van der Waals surface area contributed by atoms with Crippen LogP contribution in [0.15, 0.2) is 42.5 Å². The number of benzene rings is 2. The highest BCUT2D eigenvalue weighted by Gasteiger charge is 2.57.